The van der Waals surface area contributed by atoms with Crippen molar-refractivity contribution in [2.45, 2.75) is 44.1 Å². The summed E-state index contributed by atoms with van der Waals surface area (Å²) in [5.74, 6) is -4.62. The van der Waals surface area contributed by atoms with Crippen molar-refractivity contribution >= 4 is 0 Å². The number of aliphatic hydroxyl groups excluding tert-OH is 1. The number of rotatable bonds is 3. The topological polar surface area (TPSA) is 40.5 Å². The standard InChI is InChI=1S/C7H11F5O2/c1-3-5(2,14)6(8,9)4(13)7(10,11)12/h4,13-14H,3H2,1-2H3. The smallest absolute Gasteiger partial charge is 0.384 e. The molecule has 0 heterocycles. The molecule has 0 rings (SSSR count). The minimum atomic E-state index is -5.46. The molecule has 0 aromatic heterocycles. The summed E-state index contributed by atoms with van der Waals surface area (Å²) in [6, 6.07) is 0. The van der Waals surface area contributed by atoms with Crippen LogP contribution in [0.4, 0.5) is 22.0 Å². The minimum absolute atomic E-state index is 0.544. The second-order valence-electron chi connectivity index (χ2n) is 3.19. The number of hydrogen-bond donors (Lipinski definition) is 2. The van der Waals surface area contributed by atoms with Crippen LogP contribution in [0.25, 0.3) is 0 Å². The van der Waals surface area contributed by atoms with Gasteiger partial charge in [0.25, 0.3) is 0 Å². The fourth-order valence-electron chi connectivity index (χ4n) is 0.736. The molecule has 2 N–H and O–H groups in total. The largest absolute Gasteiger partial charge is 0.420 e. The lowest BCUT2D eigenvalue weighted by molar-refractivity contribution is -0.310. The van der Waals surface area contributed by atoms with Crippen LogP contribution >= 0.6 is 0 Å². The van der Waals surface area contributed by atoms with E-state index < -0.39 is 30.2 Å². The molecule has 0 amide bonds. The summed E-state index contributed by atoms with van der Waals surface area (Å²) in [7, 11) is 0. The molecule has 0 saturated heterocycles. The van der Waals surface area contributed by atoms with Crippen LogP contribution in [0.3, 0.4) is 0 Å². The maximum absolute atomic E-state index is 12.9. The van der Waals surface area contributed by atoms with Gasteiger partial charge < -0.3 is 10.2 Å². The van der Waals surface area contributed by atoms with Crippen LogP contribution in [0.2, 0.25) is 0 Å². The molecular weight excluding hydrogens is 211 g/mol. The maximum atomic E-state index is 12.9. The summed E-state index contributed by atoms with van der Waals surface area (Å²) in [6.07, 6.45) is -9.92. The van der Waals surface area contributed by atoms with Crippen LogP contribution in [-0.4, -0.2) is 34.0 Å². The van der Waals surface area contributed by atoms with E-state index >= 15 is 0 Å². The van der Waals surface area contributed by atoms with Crippen molar-refractivity contribution < 1.29 is 32.2 Å². The molecule has 2 unspecified atom stereocenters. The summed E-state index contributed by atoms with van der Waals surface area (Å²) in [5, 5.41) is 17.3. The Morgan fingerprint density at radius 2 is 1.50 bits per heavy atom. The number of alkyl halides is 5. The SMILES string of the molecule is CCC(C)(O)C(F)(F)C(O)C(F)(F)F. The van der Waals surface area contributed by atoms with Crippen LogP contribution in [0.5, 0.6) is 0 Å². The lowest BCUT2D eigenvalue weighted by Gasteiger charge is -2.35. The molecule has 2 atom stereocenters. The van der Waals surface area contributed by atoms with Gasteiger partial charge >= 0.3 is 12.1 Å². The van der Waals surface area contributed by atoms with Crippen molar-refractivity contribution in [2.24, 2.45) is 0 Å². The molecular formula is C7H11F5O2. The second kappa shape index (κ2) is 3.62. The fraction of sp³-hybridized carbons (Fsp3) is 1.00. The van der Waals surface area contributed by atoms with E-state index in [2.05, 4.69) is 0 Å². The first-order chi connectivity index (χ1) is 5.97. The zero-order valence-corrected chi connectivity index (χ0v) is 7.57. The van der Waals surface area contributed by atoms with Crippen molar-refractivity contribution in [1.29, 1.82) is 0 Å². The first kappa shape index (κ1) is 13.6. The lowest BCUT2D eigenvalue weighted by atomic mass is 9.90. The molecule has 2 nitrogen and oxygen atoms in total. The third kappa shape index (κ3) is 2.33. The van der Waals surface area contributed by atoms with Gasteiger partial charge in [-0.2, -0.15) is 13.2 Å². The molecule has 0 aromatic rings. The van der Waals surface area contributed by atoms with Gasteiger partial charge in [-0.15, -0.1) is 0 Å². The zero-order chi connectivity index (χ0) is 11.8. The number of halogens is 5. The molecule has 14 heavy (non-hydrogen) atoms. The highest BCUT2D eigenvalue weighted by molar-refractivity contribution is 4.96. The average Bonchev–Trinajstić information content (AvgIpc) is 2.01. The quantitative estimate of drug-likeness (QED) is 0.713. The summed E-state index contributed by atoms with van der Waals surface area (Å²) in [6.45, 7) is 1.64. The highest BCUT2D eigenvalue weighted by Gasteiger charge is 2.62. The zero-order valence-electron chi connectivity index (χ0n) is 7.57. The van der Waals surface area contributed by atoms with Gasteiger partial charge in [-0.1, -0.05) is 6.92 Å². The summed E-state index contributed by atoms with van der Waals surface area (Å²) < 4.78 is 61.1. The van der Waals surface area contributed by atoms with Gasteiger partial charge in [0, 0.05) is 0 Å². The van der Waals surface area contributed by atoms with E-state index in [1.165, 1.54) is 0 Å². The molecule has 7 heteroatoms. The molecule has 0 aromatic carbocycles. The molecule has 0 saturated carbocycles. The summed E-state index contributed by atoms with van der Waals surface area (Å²) >= 11 is 0. The van der Waals surface area contributed by atoms with E-state index in [0.29, 0.717) is 6.92 Å². The highest BCUT2D eigenvalue weighted by Crippen LogP contribution is 2.40. The maximum Gasteiger partial charge on any atom is 0.420 e. The fourth-order valence-corrected chi connectivity index (χ4v) is 0.736. The number of hydrogen-bond acceptors (Lipinski definition) is 2. The average molecular weight is 222 g/mol. The van der Waals surface area contributed by atoms with Crippen LogP contribution in [-0.2, 0) is 0 Å². The van der Waals surface area contributed by atoms with Crippen LogP contribution in [0.1, 0.15) is 20.3 Å². The first-order valence-electron chi connectivity index (χ1n) is 3.81. The Kier molecular flexibility index (Phi) is 3.51. The van der Waals surface area contributed by atoms with Gasteiger partial charge in [0.1, 0.15) is 5.60 Å². The van der Waals surface area contributed by atoms with Crippen molar-refractivity contribution in [3.05, 3.63) is 0 Å². The third-order valence-electron chi connectivity index (χ3n) is 2.06. The summed E-state index contributed by atoms with van der Waals surface area (Å²) in [4.78, 5) is 0. The van der Waals surface area contributed by atoms with Gasteiger partial charge in [-0.05, 0) is 13.3 Å². The van der Waals surface area contributed by atoms with E-state index in [-0.39, 0.29) is 0 Å². The van der Waals surface area contributed by atoms with Crippen LogP contribution < -0.4 is 0 Å². The van der Waals surface area contributed by atoms with E-state index in [4.69, 9.17) is 10.2 Å². The van der Waals surface area contributed by atoms with E-state index in [1.54, 1.807) is 0 Å². The van der Waals surface area contributed by atoms with Crippen LogP contribution in [0.15, 0.2) is 0 Å². The van der Waals surface area contributed by atoms with Gasteiger partial charge in [0.2, 0.25) is 6.10 Å². The van der Waals surface area contributed by atoms with Crippen molar-refractivity contribution in [1.82, 2.24) is 0 Å². The first-order valence-corrected chi connectivity index (χ1v) is 3.81. The highest BCUT2D eigenvalue weighted by atomic mass is 19.4. The molecule has 0 radical (unpaired) electrons. The number of aliphatic hydroxyl groups is 2. The molecule has 0 fully saturated rings. The van der Waals surface area contributed by atoms with Crippen molar-refractivity contribution in [3.63, 3.8) is 0 Å². The van der Waals surface area contributed by atoms with E-state index in [0.717, 1.165) is 6.92 Å². The normalized spacial score (nSPS) is 20.4. The Labute approximate surface area is 77.3 Å². The molecule has 0 bridgehead atoms. The Balaban J connectivity index is 4.96. The molecule has 0 spiro atoms. The van der Waals surface area contributed by atoms with Gasteiger partial charge in [0.15, 0.2) is 0 Å². The summed E-state index contributed by atoms with van der Waals surface area (Å²) in [5.41, 5.74) is -2.89. The van der Waals surface area contributed by atoms with Gasteiger partial charge in [0.05, 0.1) is 0 Å². The van der Waals surface area contributed by atoms with Gasteiger partial charge in [-0.25, -0.2) is 8.78 Å². The Hall–Kier alpha value is -0.430. The Morgan fingerprint density at radius 1 is 1.14 bits per heavy atom. The molecule has 0 aliphatic rings. The predicted octanol–water partition coefficient (Wildman–Crippen LogP) is 1.71. The monoisotopic (exact) mass is 222 g/mol. The third-order valence-corrected chi connectivity index (χ3v) is 2.06. The van der Waals surface area contributed by atoms with Crippen molar-refractivity contribution in [2.75, 3.05) is 0 Å². The van der Waals surface area contributed by atoms with Gasteiger partial charge in [-0.3, -0.25) is 0 Å². The van der Waals surface area contributed by atoms with E-state index in [9.17, 15) is 22.0 Å². The Morgan fingerprint density at radius 3 is 1.71 bits per heavy atom. The van der Waals surface area contributed by atoms with E-state index in [1.807, 2.05) is 0 Å². The molecule has 0 aliphatic carbocycles. The van der Waals surface area contributed by atoms with Crippen LogP contribution in [0, 0.1) is 0 Å². The Bertz CT molecular complexity index is 199. The second-order valence-corrected chi connectivity index (χ2v) is 3.19. The van der Waals surface area contributed by atoms with Crippen molar-refractivity contribution in [3.8, 4) is 0 Å². The molecule has 0 aliphatic heterocycles. The lowest BCUT2D eigenvalue weighted by Crippen LogP contribution is -2.58. The minimum Gasteiger partial charge on any atom is -0.384 e. The predicted molar refractivity (Wildman–Crippen MR) is 37.9 cm³/mol. The molecule has 86 valence electrons.